The largest absolute Gasteiger partial charge is 0.507 e. The van der Waals surface area contributed by atoms with E-state index in [0.29, 0.717) is 22.7 Å². The Bertz CT molecular complexity index is 1480. The van der Waals surface area contributed by atoms with Crippen molar-refractivity contribution in [2.45, 2.75) is 26.8 Å². The highest BCUT2D eigenvalue weighted by molar-refractivity contribution is 6.51. The fraction of sp³-hybridized carbons (Fsp3) is 0.207. The van der Waals surface area contributed by atoms with E-state index in [4.69, 9.17) is 25.8 Å². The van der Waals surface area contributed by atoms with E-state index in [0.717, 1.165) is 11.1 Å². The number of benzene rings is 3. The first-order valence-corrected chi connectivity index (χ1v) is 12.0. The zero-order chi connectivity index (χ0) is 27.7. The summed E-state index contributed by atoms with van der Waals surface area (Å²) < 4.78 is 15.8. The van der Waals surface area contributed by atoms with Crippen LogP contribution in [0, 0.1) is 13.8 Å². The number of Topliss-reactive ketones (excluding diaryl/α,β-unsaturated/α-hetero) is 1. The highest BCUT2D eigenvalue weighted by Crippen LogP contribution is 2.45. The summed E-state index contributed by atoms with van der Waals surface area (Å²) in [5.74, 6) is -1.80. The molecular weight excluding hydrogens is 510 g/mol. The summed E-state index contributed by atoms with van der Waals surface area (Å²) in [5, 5.41) is 11.7. The molecule has 1 N–H and O–H groups in total. The van der Waals surface area contributed by atoms with Gasteiger partial charge in [-0.2, -0.15) is 0 Å². The molecule has 1 amide bonds. The summed E-state index contributed by atoms with van der Waals surface area (Å²) in [7, 11) is 2.84. The molecule has 4 rings (SSSR count). The van der Waals surface area contributed by atoms with Crippen LogP contribution in [-0.4, -0.2) is 37.0 Å². The predicted molar refractivity (Wildman–Crippen MR) is 143 cm³/mol. The minimum atomic E-state index is -0.992. The fourth-order valence-corrected chi connectivity index (χ4v) is 4.60. The van der Waals surface area contributed by atoms with Crippen LogP contribution in [0.25, 0.3) is 5.76 Å². The number of aryl methyl sites for hydroxylation is 2. The van der Waals surface area contributed by atoms with Crippen LogP contribution in [0.4, 0.5) is 5.69 Å². The van der Waals surface area contributed by atoms with Crippen molar-refractivity contribution in [1.82, 2.24) is 0 Å². The molecule has 1 fully saturated rings. The molecule has 0 spiro atoms. The van der Waals surface area contributed by atoms with Gasteiger partial charge < -0.3 is 19.3 Å². The van der Waals surface area contributed by atoms with Gasteiger partial charge in [-0.05, 0) is 60.9 Å². The van der Waals surface area contributed by atoms with E-state index in [1.807, 2.05) is 26.0 Å². The third-order valence-electron chi connectivity index (χ3n) is 6.40. The van der Waals surface area contributed by atoms with E-state index < -0.39 is 29.5 Å². The second kappa shape index (κ2) is 10.6. The van der Waals surface area contributed by atoms with Crippen molar-refractivity contribution in [1.29, 1.82) is 0 Å². The van der Waals surface area contributed by atoms with Gasteiger partial charge >= 0.3 is 5.97 Å². The Kier molecular flexibility index (Phi) is 7.46. The molecule has 0 aliphatic carbocycles. The molecule has 3 aromatic carbocycles. The molecule has 1 aliphatic rings. The lowest BCUT2D eigenvalue weighted by Gasteiger charge is -2.26. The summed E-state index contributed by atoms with van der Waals surface area (Å²) in [6.45, 7) is 5.14. The number of rotatable bonds is 6. The SMILES string of the molecule is COc1cc(OC)c(/C(O)=C2\C(=O)C(=O)N(c3ccc(C)c(C)c3)C2c2ccc(OC(C)=O)cc2)cc1Cl. The Morgan fingerprint density at radius 2 is 1.58 bits per heavy atom. The smallest absolute Gasteiger partial charge is 0.308 e. The van der Waals surface area contributed by atoms with Crippen molar-refractivity contribution in [2.24, 2.45) is 0 Å². The molecule has 3 aromatic rings. The number of nitrogens with zero attached hydrogens (tertiary/aromatic N) is 1. The first kappa shape index (κ1) is 26.8. The molecule has 9 heteroatoms. The summed E-state index contributed by atoms with van der Waals surface area (Å²) in [6.07, 6.45) is 0. The van der Waals surface area contributed by atoms with Gasteiger partial charge in [-0.3, -0.25) is 19.3 Å². The van der Waals surface area contributed by atoms with E-state index in [1.165, 1.54) is 38.2 Å². The minimum absolute atomic E-state index is 0.123. The van der Waals surface area contributed by atoms with E-state index in [-0.39, 0.29) is 21.9 Å². The Morgan fingerprint density at radius 3 is 2.16 bits per heavy atom. The number of ketones is 1. The molecule has 1 saturated heterocycles. The maximum absolute atomic E-state index is 13.5. The van der Waals surface area contributed by atoms with E-state index in [2.05, 4.69) is 0 Å². The van der Waals surface area contributed by atoms with Gasteiger partial charge in [-0.25, -0.2) is 0 Å². The third-order valence-corrected chi connectivity index (χ3v) is 6.69. The number of esters is 1. The number of aliphatic hydroxyl groups excluding tert-OH is 1. The van der Waals surface area contributed by atoms with E-state index in [9.17, 15) is 19.5 Å². The highest BCUT2D eigenvalue weighted by Gasteiger charge is 2.47. The van der Waals surface area contributed by atoms with Crippen molar-refractivity contribution in [2.75, 3.05) is 19.1 Å². The van der Waals surface area contributed by atoms with Gasteiger partial charge in [0.05, 0.1) is 36.4 Å². The zero-order valence-electron chi connectivity index (χ0n) is 21.5. The molecule has 0 aromatic heterocycles. The summed E-state index contributed by atoms with van der Waals surface area (Å²) in [6, 6.07) is 13.7. The second-order valence-corrected chi connectivity index (χ2v) is 9.19. The topological polar surface area (TPSA) is 102 Å². The number of hydrogen-bond donors (Lipinski definition) is 1. The van der Waals surface area contributed by atoms with Gasteiger partial charge in [-0.15, -0.1) is 0 Å². The molecule has 0 bridgehead atoms. The first-order valence-electron chi connectivity index (χ1n) is 11.7. The molecule has 8 nitrogen and oxygen atoms in total. The van der Waals surface area contributed by atoms with Crippen molar-refractivity contribution < 1.29 is 33.7 Å². The lowest BCUT2D eigenvalue weighted by Crippen LogP contribution is -2.29. The predicted octanol–water partition coefficient (Wildman–Crippen LogP) is 5.53. The van der Waals surface area contributed by atoms with Gasteiger partial charge in [0.1, 0.15) is 23.0 Å². The molecule has 38 heavy (non-hydrogen) atoms. The fourth-order valence-electron chi connectivity index (χ4n) is 4.36. The Balaban J connectivity index is 1.96. The number of hydrogen-bond acceptors (Lipinski definition) is 7. The Morgan fingerprint density at radius 1 is 0.921 bits per heavy atom. The van der Waals surface area contributed by atoms with Crippen molar-refractivity contribution >= 4 is 40.7 Å². The van der Waals surface area contributed by atoms with Crippen molar-refractivity contribution in [3.63, 3.8) is 0 Å². The van der Waals surface area contributed by atoms with Crippen LogP contribution >= 0.6 is 11.6 Å². The van der Waals surface area contributed by atoms with Crippen LogP contribution in [0.1, 0.15) is 35.2 Å². The molecule has 1 atom stereocenters. The quantitative estimate of drug-likeness (QED) is 0.146. The lowest BCUT2D eigenvalue weighted by molar-refractivity contribution is -0.132. The summed E-state index contributed by atoms with van der Waals surface area (Å²) in [5.41, 5.74) is 2.93. The minimum Gasteiger partial charge on any atom is -0.507 e. The van der Waals surface area contributed by atoms with E-state index in [1.54, 1.807) is 30.3 Å². The van der Waals surface area contributed by atoms with Crippen LogP contribution in [0.15, 0.2) is 60.2 Å². The average Bonchev–Trinajstić information content (AvgIpc) is 3.15. The first-order chi connectivity index (χ1) is 18.1. The van der Waals surface area contributed by atoms with Gasteiger partial charge in [0, 0.05) is 18.7 Å². The number of ether oxygens (including phenoxy) is 3. The zero-order valence-corrected chi connectivity index (χ0v) is 22.3. The molecule has 0 radical (unpaired) electrons. The second-order valence-electron chi connectivity index (χ2n) is 8.79. The van der Waals surface area contributed by atoms with Crippen molar-refractivity contribution in [3.8, 4) is 17.2 Å². The Hall–Kier alpha value is -4.30. The van der Waals surface area contributed by atoms with Gasteiger partial charge in [0.25, 0.3) is 11.7 Å². The normalized spacial score (nSPS) is 16.5. The number of aliphatic hydroxyl groups is 1. The van der Waals surface area contributed by atoms with Crippen LogP contribution < -0.4 is 19.1 Å². The number of amides is 1. The van der Waals surface area contributed by atoms with Crippen molar-refractivity contribution in [3.05, 3.63) is 87.4 Å². The van der Waals surface area contributed by atoms with E-state index >= 15 is 0 Å². The lowest BCUT2D eigenvalue weighted by atomic mass is 9.94. The van der Waals surface area contributed by atoms with Crippen LogP contribution in [0.5, 0.6) is 17.2 Å². The van der Waals surface area contributed by atoms with Crippen LogP contribution in [-0.2, 0) is 14.4 Å². The standard InChI is InChI=1S/C29H26ClNO7/c1-15-6-9-19(12-16(15)2)31-26(18-7-10-20(11-8-18)38-17(3)32)25(28(34)29(31)35)27(33)21-13-22(30)24(37-5)14-23(21)36-4/h6-14,26,33H,1-5H3/b27-25+. The number of anilines is 1. The molecule has 196 valence electrons. The molecule has 0 saturated carbocycles. The number of halogens is 1. The van der Waals surface area contributed by atoms with Gasteiger partial charge in [0.2, 0.25) is 0 Å². The maximum atomic E-state index is 13.5. The molecule has 1 heterocycles. The number of carbonyl (C=O) groups excluding carboxylic acids is 3. The van der Waals surface area contributed by atoms with Gasteiger partial charge in [-0.1, -0.05) is 29.8 Å². The number of methoxy groups -OCH3 is 2. The van der Waals surface area contributed by atoms with Crippen LogP contribution in [0.3, 0.4) is 0 Å². The number of carbonyl (C=O) groups is 3. The van der Waals surface area contributed by atoms with Gasteiger partial charge in [0.15, 0.2) is 0 Å². The Labute approximate surface area is 225 Å². The molecule has 1 unspecified atom stereocenters. The summed E-state index contributed by atoms with van der Waals surface area (Å²) in [4.78, 5) is 39.7. The average molecular weight is 536 g/mol. The molecular formula is C29H26ClNO7. The van der Waals surface area contributed by atoms with Crippen LogP contribution in [0.2, 0.25) is 5.02 Å². The summed E-state index contributed by atoms with van der Waals surface area (Å²) >= 11 is 6.33. The third kappa shape index (κ3) is 4.82. The maximum Gasteiger partial charge on any atom is 0.308 e. The highest BCUT2D eigenvalue weighted by atomic mass is 35.5. The molecule has 1 aliphatic heterocycles. The monoisotopic (exact) mass is 535 g/mol.